The molecule has 0 aliphatic carbocycles. The number of fused-ring (bicyclic) bond motifs is 1. The van der Waals surface area contributed by atoms with Gasteiger partial charge in [-0.3, -0.25) is 9.47 Å². The minimum absolute atomic E-state index is 0.181. The molecule has 5 rings (SSSR count). The fourth-order valence-electron chi connectivity index (χ4n) is 4.10. The number of nitrogens with zero attached hydrogens (tertiary/aromatic N) is 6. The van der Waals surface area contributed by atoms with E-state index in [0.717, 1.165) is 38.5 Å². The van der Waals surface area contributed by atoms with Crippen LogP contribution < -0.4 is 0 Å². The van der Waals surface area contributed by atoms with Gasteiger partial charge in [0, 0.05) is 15.8 Å². The first-order valence-corrected chi connectivity index (χ1v) is 13.7. The Morgan fingerprint density at radius 2 is 1.85 bits per heavy atom. The van der Waals surface area contributed by atoms with Crippen LogP contribution in [0.2, 0.25) is 0 Å². The van der Waals surface area contributed by atoms with Crippen LogP contribution in [0.3, 0.4) is 0 Å². The van der Waals surface area contributed by atoms with E-state index in [9.17, 15) is 0 Å². The maximum Gasteiger partial charge on any atom is 0.197 e. The smallest absolute Gasteiger partial charge is 0.197 e. The van der Waals surface area contributed by atoms with Crippen molar-refractivity contribution in [2.24, 2.45) is 0 Å². The van der Waals surface area contributed by atoms with Crippen LogP contribution in [-0.2, 0) is 6.54 Å². The highest BCUT2D eigenvalue weighted by molar-refractivity contribution is 7.99. The molecule has 0 N–H and O–H groups in total. The molecule has 1 aromatic carbocycles. The van der Waals surface area contributed by atoms with Crippen LogP contribution in [0.1, 0.15) is 36.6 Å². The average molecular weight is 507 g/mol. The summed E-state index contributed by atoms with van der Waals surface area (Å²) in [6, 6.07) is 14.9. The highest BCUT2D eigenvalue weighted by atomic mass is 32.2. The summed E-state index contributed by atoms with van der Waals surface area (Å²) in [5.41, 5.74) is 2.41. The van der Waals surface area contributed by atoms with Crippen molar-refractivity contribution in [2.75, 3.05) is 14.1 Å². The molecule has 0 fully saturated rings. The zero-order valence-electron chi connectivity index (χ0n) is 19.6. The molecular weight excluding hydrogens is 481 g/mol. The predicted molar refractivity (Wildman–Crippen MR) is 142 cm³/mol. The summed E-state index contributed by atoms with van der Waals surface area (Å²) < 4.78 is 2.24. The molecule has 5 aromatic rings. The fourth-order valence-corrected chi connectivity index (χ4v) is 6.98. The molecule has 9 heteroatoms. The molecule has 6 nitrogen and oxygen atoms in total. The minimum atomic E-state index is 0.181. The van der Waals surface area contributed by atoms with E-state index in [1.807, 2.05) is 13.0 Å². The fraction of sp³-hybridized carbons (Fsp3) is 0.280. The van der Waals surface area contributed by atoms with Crippen LogP contribution in [0, 0.1) is 6.92 Å². The quantitative estimate of drug-likeness (QED) is 0.223. The van der Waals surface area contributed by atoms with Gasteiger partial charge in [0.15, 0.2) is 11.0 Å². The SMILES string of the molecule is CC[C@@H](c1nnc(Sc2nc(C)nc3scc(-c4cccs4)c23)n1Cc1ccccc1)N(C)C. The van der Waals surface area contributed by atoms with Crippen molar-refractivity contribution in [1.29, 1.82) is 0 Å². The van der Waals surface area contributed by atoms with Crippen LogP contribution >= 0.6 is 34.4 Å². The van der Waals surface area contributed by atoms with Crippen LogP contribution in [-0.4, -0.2) is 43.7 Å². The molecule has 0 unspecified atom stereocenters. The van der Waals surface area contributed by atoms with Crippen LogP contribution in [0.4, 0.5) is 0 Å². The van der Waals surface area contributed by atoms with Crippen molar-refractivity contribution in [2.45, 2.75) is 43.0 Å². The first kappa shape index (κ1) is 23.2. The van der Waals surface area contributed by atoms with Crippen molar-refractivity contribution < 1.29 is 0 Å². The maximum absolute atomic E-state index is 4.87. The molecule has 0 saturated heterocycles. The second-order valence-corrected chi connectivity index (χ2v) is 11.0. The van der Waals surface area contributed by atoms with Gasteiger partial charge in [0.25, 0.3) is 0 Å². The summed E-state index contributed by atoms with van der Waals surface area (Å²) in [7, 11) is 4.19. The first-order chi connectivity index (χ1) is 16.5. The first-order valence-electron chi connectivity index (χ1n) is 11.2. The number of thiophene rings is 2. The molecule has 0 spiro atoms. The van der Waals surface area contributed by atoms with E-state index in [1.54, 1.807) is 34.4 Å². The third kappa shape index (κ3) is 4.53. The van der Waals surface area contributed by atoms with E-state index in [2.05, 4.69) is 87.8 Å². The monoisotopic (exact) mass is 506 g/mol. The Morgan fingerprint density at radius 3 is 2.56 bits per heavy atom. The number of rotatable bonds is 8. The molecule has 4 aromatic heterocycles. The summed E-state index contributed by atoms with van der Waals surface area (Å²) in [6.07, 6.45) is 0.953. The van der Waals surface area contributed by atoms with Gasteiger partial charge in [-0.1, -0.05) is 43.3 Å². The standard InChI is InChI=1S/C25H26N6S3/c1-5-19(30(3)4)22-28-29-25(31(22)14-17-10-7-6-8-11-17)34-24-21-18(20-12-9-13-32-20)15-33-23(21)26-16(2)27-24/h6-13,15,19H,5,14H2,1-4H3/t19-/m0/s1. The van der Waals surface area contributed by atoms with Gasteiger partial charge in [-0.05, 0) is 56.2 Å². The van der Waals surface area contributed by atoms with Crippen molar-refractivity contribution >= 4 is 44.7 Å². The molecule has 4 heterocycles. The topological polar surface area (TPSA) is 59.7 Å². The van der Waals surface area contributed by atoms with E-state index in [-0.39, 0.29) is 6.04 Å². The third-order valence-corrected chi connectivity index (χ3v) is 8.47. The van der Waals surface area contributed by atoms with Crippen molar-refractivity contribution in [1.82, 2.24) is 29.6 Å². The minimum Gasteiger partial charge on any atom is -0.300 e. The van der Waals surface area contributed by atoms with Gasteiger partial charge in [0.1, 0.15) is 15.7 Å². The van der Waals surface area contributed by atoms with Crippen molar-refractivity contribution in [3.8, 4) is 10.4 Å². The van der Waals surface area contributed by atoms with Gasteiger partial charge in [0.05, 0.1) is 18.0 Å². The lowest BCUT2D eigenvalue weighted by Crippen LogP contribution is -2.23. The molecule has 0 aliphatic heterocycles. The largest absolute Gasteiger partial charge is 0.300 e. The number of aryl methyl sites for hydroxylation is 1. The Kier molecular flexibility index (Phi) is 6.78. The summed E-state index contributed by atoms with van der Waals surface area (Å²) in [5.74, 6) is 1.74. The van der Waals surface area contributed by atoms with E-state index < -0.39 is 0 Å². The highest BCUT2D eigenvalue weighted by Crippen LogP contribution is 2.42. The molecule has 0 bridgehead atoms. The summed E-state index contributed by atoms with van der Waals surface area (Å²) >= 11 is 4.99. The molecule has 0 radical (unpaired) electrons. The Labute approximate surface area is 211 Å². The van der Waals surface area contributed by atoms with Crippen molar-refractivity contribution in [3.05, 3.63) is 70.4 Å². The number of aromatic nitrogens is 5. The van der Waals surface area contributed by atoms with E-state index >= 15 is 0 Å². The summed E-state index contributed by atoms with van der Waals surface area (Å²) in [6.45, 7) is 4.85. The van der Waals surface area contributed by atoms with Gasteiger partial charge in [-0.25, -0.2) is 9.97 Å². The van der Waals surface area contributed by atoms with Crippen LogP contribution in [0.15, 0.2) is 63.4 Å². The average Bonchev–Trinajstić information content (AvgIpc) is 3.56. The lowest BCUT2D eigenvalue weighted by Gasteiger charge is -2.23. The Hall–Kier alpha value is -2.59. The van der Waals surface area contributed by atoms with Gasteiger partial charge in [0.2, 0.25) is 0 Å². The van der Waals surface area contributed by atoms with E-state index in [4.69, 9.17) is 9.97 Å². The molecule has 0 aliphatic rings. The summed E-state index contributed by atoms with van der Waals surface area (Å²) in [4.78, 5) is 14.0. The Morgan fingerprint density at radius 1 is 1.03 bits per heavy atom. The predicted octanol–water partition coefficient (Wildman–Crippen LogP) is 6.53. The third-order valence-electron chi connectivity index (χ3n) is 5.72. The second-order valence-electron chi connectivity index (χ2n) is 8.29. The molecule has 0 saturated carbocycles. The Balaban J connectivity index is 1.62. The lowest BCUT2D eigenvalue weighted by molar-refractivity contribution is 0.272. The van der Waals surface area contributed by atoms with Gasteiger partial charge < -0.3 is 0 Å². The van der Waals surface area contributed by atoms with E-state index in [0.29, 0.717) is 6.54 Å². The van der Waals surface area contributed by atoms with Crippen molar-refractivity contribution in [3.63, 3.8) is 0 Å². The normalized spacial score (nSPS) is 12.6. The molecular formula is C25H26N6S3. The molecule has 0 amide bonds. The maximum atomic E-state index is 4.87. The van der Waals surface area contributed by atoms with Gasteiger partial charge in [-0.15, -0.1) is 32.9 Å². The van der Waals surface area contributed by atoms with Gasteiger partial charge >= 0.3 is 0 Å². The number of hydrogen-bond donors (Lipinski definition) is 0. The molecule has 34 heavy (non-hydrogen) atoms. The second kappa shape index (κ2) is 9.95. The number of benzene rings is 1. The van der Waals surface area contributed by atoms with Crippen LogP contribution in [0.25, 0.3) is 20.7 Å². The Bertz CT molecular complexity index is 1390. The zero-order chi connectivity index (χ0) is 23.7. The number of hydrogen-bond acceptors (Lipinski definition) is 8. The van der Waals surface area contributed by atoms with Crippen LogP contribution in [0.5, 0.6) is 0 Å². The molecule has 1 atom stereocenters. The molecule has 174 valence electrons. The summed E-state index contributed by atoms with van der Waals surface area (Å²) in [5, 5.41) is 16.5. The zero-order valence-corrected chi connectivity index (χ0v) is 22.0. The van der Waals surface area contributed by atoms with E-state index in [1.165, 1.54) is 16.0 Å². The van der Waals surface area contributed by atoms with Gasteiger partial charge in [-0.2, -0.15) is 0 Å². The lowest BCUT2D eigenvalue weighted by atomic mass is 10.2. The highest BCUT2D eigenvalue weighted by Gasteiger charge is 2.24.